The van der Waals surface area contributed by atoms with Gasteiger partial charge in [0.15, 0.2) is 0 Å². The minimum Gasteiger partial charge on any atom is -0.481 e. The molecule has 3 aromatic rings. The summed E-state index contributed by atoms with van der Waals surface area (Å²) in [5.41, 5.74) is 13.5. The van der Waals surface area contributed by atoms with Gasteiger partial charge in [-0.05, 0) is 156 Å². The largest absolute Gasteiger partial charge is 0.481 e. The highest BCUT2D eigenvalue weighted by molar-refractivity contribution is 8.00. The van der Waals surface area contributed by atoms with Crippen LogP contribution in [0.15, 0.2) is 79.1 Å². The number of anilines is 2. The number of nitrogens with two attached hydrogens (primary N) is 2. The van der Waals surface area contributed by atoms with Crippen molar-refractivity contribution in [1.29, 1.82) is 0 Å². The average Bonchev–Trinajstić information content (AvgIpc) is 0.914. The van der Waals surface area contributed by atoms with Crippen LogP contribution >= 0.6 is 27.0 Å². The van der Waals surface area contributed by atoms with E-state index < -0.39 is 139 Å². The number of thioether (sulfide) groups is 1. The van der Waals surface area contributed by atoms with E-state index in [0.717, 1.165) is 29.3 Å². The number of primary amides is 1. The van der Waals surface area contributed by atoms with Crippen LogP contribution in [0, 0.1) is 18.8 Å². The molecule has 1 saturated heterocycles. The maximum Gasteiger partial charge on any atom is 0.369 e. The second-order valence-electron chi connectivity index (χ2n) is 33.3. The zero-order chi connectivity index (χ0) is 99.5. The number of rotatable bonds is 65. The van der Waals surface area contributed by atoms with E-state index in [1.807, 2.05) is 19.1 Å². The number of aliphatic carboxylic acids is 1. The third-order valence-electron chi connectivity index (χ3n) is 22.6. The van der Waals surface area contributed by atoms with E-state index in [9.17, 15) is 116 Å². The van der Waals surface area contributed by atoms with Gasteiger partial charge in [0, 0.05) is 139 Å². The van der Waals surface area contributed by atoms with E-state index in [1.54, 1.807) is 67.0 Å². The number of unbranched alkanes of at least 4 members (excludes halogenated alkanes) is 2. The van der Waals surface area contributed by atoms with E-state index >= 15 is 0 Å². The van der Waals surface area contributed by atoms with Gasteiger partial charge in [-0.15, -0.1) is 11.8 Å². The fourth-order valence-corrected chi connectivity index (χ4v) is 18.3. The van der Waals surface area contributed by atoms with E-state index in [0.29, 0.717) is 81.1 Å². The number of pyridine rings is 1. The smallest absolute Gasteiger partial charge is 0.369 e. The highest BCUT2D eigenvalue weighted by Crippen LogP contribution is 2.69. The Labute approximate surface area is 792 Å². The topological polar surface area (TPSA) is 690 Å². The molecule has 136 heavy (non-hydrogen) atoms. The Morgan fingerprint density at radius 1 is 0.581 bits per heavy atom. The third kappa shape index (κ3) is 42.9. The SMILES string of the molecule is Cc1ccccc1NC(=O)Nc1ccc(CC(=O)N[C@@H](CCCCNC(=O)/C=C/c2cccnc2)C(=O)N[C@@H](CCCC(=O)O)C(=O)NC2(C(=O)NCCOCCOCCNC(=O)CCC(=O)NCCOCCOCCNC(=O)CCC(=O)N[C@@H](CCCCNC(=O)[C@@H](N)CSC3CC(=O)N(CC4CCC(C(=O)NCCCC(O)(P(=O)(O)O)P(=O)(O)O)CC4)C3=O)C(N)=O)CCCCC2)cc1. The summed E-state index contributed by atoms with van der Waals surface area (Å²) in [7, 11) is -11.3. The molecule has 3 fully saturated rings. The number of ether oxygens (including phenoxy) is 4. The van der Waals surface area contributed by atoms with Gasteiger partial charge in [0.2, 0.25) is 82.7 Å². The number of urea groups is 1. The van der Waals surface area contributed by atoms with Gasteiger partial charge in [0.1, 0.15) is 23.7 Å². The van der Waals surface area contributed by atoms with E-state index in [4.69, 9.17) is 30.4 Å². The van der Waals surface area contributed by atoms with Crippen LogP contribution in [-0.2, 0) is 106 Å². The van der Waals surface area contributed by atoms with Crippen LogP contribution in [0.2, 0.25) is 0 Å². The maximum absolute atomic E-state index is 14.4. The summed E-state index contributed by atoms with van der Waals surface area (Å²) in [6.07, 6.45) is 9.53. The molecular weight excluding hydrogens is 1840 g/mol. The number of carbonyl (C=O) groups is 16. The zero-order valence-corrected chi connectivity index (χ0v) is 79.2. The molecule has 1 unspecified atom stereocenters. The number of aromatic nitrogens is 1. The number of hydrogen-bond acceptors (Lipinski definition) is 26. The first-order valence-electron chi connectivity index (χ1n) is 45.7. The van der Waals surface area contributed by atoms with Gasteiger partial charge < -0.3 is 129 Å². The molecule has 754 valence electrons. The Bertz CT molecular complexity index is 4540. The van der Waals surface area contributed by atoms with E-state index in [2.05, 4.69) is 74.1 Å². The first kappa shape index (κ1) is 114. The minimum atomic E-state index is -5.63. The molecule has 5 atom stereocenters. The highest BCUT2D eigenvalue weighted by Gasteiger charge is 2.59. The van der Waals surface area contributed by atoms with Gasteiger partial charge in [0.05, 0.1) is 70.6 Å². The quantitative estimate of drug-likeness (QED) is 0.0161. The fraction of sp³-hybridized carbons (Fsp3) is 0.602. The first-order chi connectivity index (χ1) is 64.8. The number of carbonyl (C=O) groups excluding carboxylic acids is 15. The second-order valence-corrected chi connectivity index (χ2v) is 38.5. The molecule has 45 nitrogen and oxygen atoms in total. The normalized spacial score (nSPS) is 16.4. The van der Waals surface area contributed by atoms with Crippen LogP contribution in [0.25, 0.3) is 6.08 Å². The van der Waals surface area contributed by atoms with Crippen molar-refractivity contribution in [2.24, 2.45) is 23.3 Å². The van der Waals surface area contributed by atoms with Crippen molar-refractivity contribution < 1.29 is 135 Å². The van der Waals surface area contributed by atoms with Crippen molar-refractivity contribution in [3.8, 4) is 0 Å². The molecule has 0 bridgehead atoms. The van der Waals surface area contributed by atoms with Crippen molar-refractivity contribution in [1.82, 2.24) is 68.4 Å². The molecule has 6 rings (SSSR count). The van der Waals surface area contributed by atoms with Crippen molar-refractivity contribution in [3.05, 3.63) is 95.8 Å². The van der Waals surface area contributed by atoms with Crippen LogP contribution in [0.4, 0.5) is 16.2 Å². The van der Waals surface area contributed by atoms with E-state index in [-0.39, 0.29) is 230 Å². The fourth-order valence-electron chi connectivity index (χ4n) is 14.9. The first-order valence-corrected chi connectivity index (χ1v) is 49.9. The van der Waals surface area contributed by atoms with E-state index in [1.165, 1.54) is 11.0 Å². The lowest BCUT2D eigenvalue weighted by molar-refractivity contribution is -0.140. The Balaban J connectivity index is 0.760. The molecule has 1 aromatic heterocycles. The van der Waals surface area contributed by atoms with Crippen molar-refractivity contribution in [2.75, 3.05) is 122 Å². The molecule has 1 aliphatic heterocycles. The summed E-state index contributed by atoms with van der Waals surface area (Å²) >= 11 is 1.08. The predicted molar refractivity (Wildman–Crippen MR) is 497 cm³/mol. The van der Waals surface area contributed by atoms with Crippen LogP contribution < -0.4 is 80.6 Å². The molecule has 0 spiro atoms. The Morgan fingerprint density at radius 3 is 1.69 bits per heavy atom. The standard InChI is InChI=1S/C88H133N17O28P2S/c1-59-14-3-4-16-66(59)103-86(122)99-64-28-23-60(24-29-64)54-76(111)101-68(18-6-9-39-92-71(106)30-25-61-15-12-38-91-56-61)82(118)102-69(19-11-20-78(113)114)83(119)104-87(35-7-2-8-36-87)85(121)98-45-49-133-53-52-132-47-43-94-73(108)32-31-72(107)93-42-46-130-50-51-131-48-44-95-74(109)33-34-75(110)100-67(79(90)115)17-5-10-40-97-81(117)65(89)58-136-70-55-77(112)105(84(70)120)57-62-21-26-63(27-22-62)80(116)96-41-13-37-88(123,134(124,125)126)135(127,128)129/h3-4,12,14-16,23-25,28-30,38,56,62-63,65,67-70,123H,2,5-11,13,17-22,26-27,31-37,39-55,57-58,89H2,1H3,(H2,90,115)(H,92,106)(H,93,107)(H,94,108)(H,95,109)(H,96,116)(H,97,117)(H,98,121)(H,100,110)(H,101,111)(H,102,118)(H,104,119)(H,113,114)(H2,99,103,122)(H2,124,125,126)(H2,127,128,129)/b30-25+/t62?,63?,65-,67-,68-,69-,70?/m0/s1. The summed E-state index contributed by atoms with van der Waals surface area (Å²) in [4.78, 5) is 250. The zero-order valence-electron chi connectivity index (χ0n) is 76.5. The Hall–Kier alpha value is -10.7. The molecular formula is C88H133N17O28P2S. The second kappa shape index (κ2) is 60.8. The lowest BCUT2D eigenvalue weighted by atomic mass is 9.80. The monoisotopic (exact) mass is 1970 g/mol. The number of likely N-dealkylation sites (tertiary alicyclic amines) is 1. The summed E-state index contributed by atoms with van der Waals surface area (Å²) < 4.78 is 45.4. The molecule has 3 aliphatic rings. The van der Waals surface area contributed by atoms with Crippen molar-refractivity contribution >= 4 is 139 Å². The van der Waals surface area contributed by atoms with Crippen LogP contribution in [0.5, 0.6) is 0 Å². The number of benzene rings is 2. The number of imide groups is 1. The number of hydrogen-bond donors (Lipinski definition) is 21. The average molecular weight is 1970 g/mol. The van der Waals surface area contributed by atoms with Gasteiger partial charge in [0.25, 0.3) is 5.08 Å². The molecule has 2 heterocycles. The molecule has 2 aliphatic carbocycles. The van der Waals surface area contributed by atoms with Gasteiger partial charge in [-0.1, -0.05) is 55.7 Å². The summed E-state index contributed by atoms with van der Waals surface area (Å²) in [5, 5.41) is 50.7. The molecule has 16 amide bonds. The predicted octanol–water partition coefficient (Wildman–Crippen LogP) is 0.861. The van der Waals surface area contributed by atoms with Gasteiger partial charge in [-0.25, -0.2) is 4.79 Å². The van der Waals surface area contributed by atoms with Gasteiger partial charge >= 0.3 is 27.2 Å². The molecule has 48 heteroatoms. The minimum absolute atomic E-state index is 0.0202. The number of carboxylic acid groups (broad SMARTS) is 1. The number of amides is 16. The summed E-state index contributed by atoms with van der Waals surface area (Å²) in [5.74, 6) is -8.80. The van der Waals surface area contributed by atoms with Gasteiger partial charge in [-0.2, -0.15) is 0 Å². The molecule has 0 radical (unpaired) electrons. The van der Waals surface area contributed by atoms with Crippen molar-refractivity contribution in [3.63, 3.8) is 0 Å². The third-order valence-corrected chi connectivity index (χ3v) is 27.8. The van der Waals surface area contributed by atoms with Crippen LogP contribution in [-0.4, -0.2) is 285 Å². The lowest BCUT2D eigenvalue weighted by Crippen LogP contribution is -2.63. The lowest BCUT2D eigenvalue weighted by Gasteiger charge is -2.38. The number of nitrogens with zero attached hydrogens (tertiary/aromatic N) is 2. The Kier molecular flexibility index (Phi) is 50.9. The maximum atomic E-state index is 14.4. The molecule has 2 saturated carbocycles. The van der Waals surface area contributed by atoms with Crippen LogP contribution in [0.3, 0.4) is 0 Å². The van der Waals surface area contributed by atoms with Crippen molar-refractivity contribution in [2.45, 2.75) is 214 Å². The molecule has 2 aromatic carbocycles. The Morgan fingerprint density at radius 2 is 1.12 bits per heavy atom. The number of aryl methyl sites for hydroxylation is 1. The number of aliphatic hydroxyl groups is 1. The summed E-state index contributed by atoms with van der Waals surface area (Å²) in [6.45, 7) is 3.76. The highest BCUT2D eigenvalue weighted by atomic mass is 32.2. The number of carboxylic acids is 1. The number of nitrogens with one attached hydrogen (secondary N) is 13. The van der Waals surface area contributed by atoms with Crippen LogP contribution in [0.1, 0.15) is 177 Å². The van der Waals surface area contributed by atoms with Gasteiger partial charge in [-0.3, -0.25) is 90.9 Å². The number of para-hydroxylation sites is 1. The molecule has 23 N–H and O–H groups in total. The summed E-state index contributed by atoms with van der Waals surface area (Å²) in [6, 6.07) is 12.3.